The van der Waals surface area contributed by atoms with E-state index in [0.717, 1.165) is 7.11 Å². The first kappa shape index (κ1) is 11.1. The summed E-state index contributed by atoms with van der Waals surface area (Å²) in [6, 6.07) is 0. The van der Waals surface area contributed by atoms with E-state index in [9.17, 15) is 13.2 Å². The van der Waals surface area contributed by atoms with Gasteiger partial charge in [-0.25, -0.2) is 13.1 Å². The van der Waals surface area contributed by atoms with Crippen molar-refractivity contribution in [3.05, 3.63) is 12.7 Å². The molecule has 0 saturated carbocycles. The number of carbonyl (C=O) groups is 1. The summed E-state index contributed by atoms with van der Waals surface area (Å²) in [4.78, 5) is 10.5. The summed E-state index contributed by atoms with van der Waals surface area (Å²) in [7, 11) is -2.42. The highest BCUT2D eigenvalue weighted by molar-refractivity contribution is 7.90. The molecular weight excluding hydrogens is 182 g/mol. The standard InChI is InChI=1S/C6H11NO4S/c1-3-4-7-12(9,10)5-6(8)11-2/h3,7H,1,4-5H2,2H3. The Morgan fingerprint density at radius 3 is 2.67 bits per heavy atom. The van der Waals surface area contributed by atoms with Crippen molar-refractivity contribution in [2.45, 2.75) is 0 Å². The first-order chi connectivity index (χ1) is 5.52. The maximum atomic E-state index is 10.9. The number of sulfonamides is 1. The molecule has 0 aromatic carbocycles. The molecule has 0 amide bonds. The number of rotatable bonds is 5. The van der Waals surface area contributed by atoms with E-state index >= 15 is 0 Å². The van der Waals surface area contributed by atoms with Gasteiger partial charge in [0, 0.05) is 6.54 Å². The number of hydrogen-bond acceptors (Lipinski definition) is 4. The Morgan fingerprint density at radius 2 is 2.25 bits per heavy atom. The zero-order chi connectivity index (χ0) is 9.61. The lowest BCUT2D eigenvalue weighted by Crippen LogP contribution is -2.30. The minimum Gasteiger partial charge on any atom is -0.468 e. The van der Waals surface area contributed by atoms with Gasteiger partial charge < -0.3 is 4.74 Å². The van der Waals surface area contributed by atoms with E-state index in [-0.39, 0.29) is 6.54 Å². The van der Waals surface area contributed by atoms with Gasteiger partial charge in [-0.05, 0) is 0 Å². The van der Waals surface area contributed by atoms with Crippen molar-refractivity contribution >= 4 is 16.0 Å². The SMILES string of the molecule is C=CCNS(=O)(=O)CC(=O)OC. The Morgan fingerprint density at radius 1 is 1.67 bits per heavy atom. The molecule has 0 saturated heterocycles. The lowest BCUT2D eigenvalue weighted by molar-refractivity contribution is -0.137. The van der Waals surface area contributed by atoms with Gasteiger partial charge in [-0.15, -0.1) is 6.58 Å². The van der Waals surface area contributed by atoms with Gasteiger partial charge >= 0.3 is 5.97 Å². The maximum absolute atomic E-state index is 10.9. The monoisotopic (exact) mass is 193 g/mol. The van der Waals surface area contributed by atoms with Gasteiger partial charge in [0.05, 0.1) is 7.11 Å². The normalized spacial score (nSPS) is 10.8. The summed E-state index contributed by atoms with van der Waals surface area (Å²) < 4.78 is 28.1. The number of nitrogens with one attached hydrogen (secondary N) is 1. The predicted octanol–water partition coefficient (Wildman–Crippen LogP) is -0.735. The summed E-state index contributed by atoms with van der Waals surface area (Å²) in [5.41, 5.74) is 0. The van der Waals surface area contributed by atoms with Gasteiger partial charge in [-0.3, -0.25) is 4.79 Å². The van der Waals surface area contributed by atoms with E-state index in [4.69, 9.17) is 0 Å². The summed E-state index contributed by atoms with van der Waals surface area (Å²) in [5, 5.41) is 0. The second kappa shape index (κ2) is 4.89. The maximum Gasteiger partial charge on any atom is 0.322 e. The van der Waals surface area contributed by atoms with Crippen LogP contribution in [0.2, 0.25) is 0 Å². The first-order valence-corrected chi connectivity index (χ1v) is 4.82. The fourth-order valence-electron chi connectivity index (χ4n) is 0.451. The fourth-order valence-corrected chi connectivity index (χ4v) is 1.35. The van der Waals surface area contributed by atoms with E-state index in [1.165, 1.54) is 6.08 Å². The van der Waals surface area contributed by atoms with Crippen LogP contribution in [0.5, 0.6) is 0 Å². The highest BCUT2D eigenvalue weighted by Crippen LogP contribution is 1.85. The van der Waals surface area contributed by atoms with Crippen molar-refractivity contribution < 1.29 is 17.9 Å². The molecule has 5 nitrogen and oxygen atoms in total. The minimum absolute atomic E-state index is 0.110. The molecule has 0 radical (unpaired) electrons. The van der Waals surface area contributed by atoms with Crippen molar-refractivity contribution in [3.8, 4) is 0 Å². The zero-order valence-corrected chi connectivity index (χ0v) is 7.56. The van der Waals surface area contributed by atoms with Gasteiger partial charge in [0.25, 0.3) is 0 Å². The Hall–Kier alpha value is -0.880. The Bertz CT molecular complexity index is 257. The van der Waals surface area contributed by atoms with Crippen LogP contribution in [0.15, 0.2) is 12.7 Å². The molecule has 0 heterocycles. The lowest BCUT2D eigenvalue weighted by atomic mass is 10.7. The van der Waals surface area contributed by atoms with Crippen LogP contribution in [0.3, 0.4) is 0 Å². The number of carbonyl (C=O) groups excluding carboxylic acids is 1. The van der Waals surface area contributed by atoms with Crippen LogP contribution in [0.1, 0.15) is 0 Å². The Kier molecular flexibility index (Phi) is 4.53. The Balaban J connectivity index is 4.05. The molecule has 70 valence electrons. The average Bonchev–Trinajstić information content (AvgIpc) is 2.00. The molecule has 0 aliphatic carbocycles. The van der Waals surface area contributed by atoms with Crippen LogP contribution in [-0.4, -0.2) is 33.8 Å². The molecular formula is C6H11NO4S. The third-order valence-corrected chi connectivity index (χ3v) is 2.21. The highest BCUT2D eigenvalue weighted by Gasteiger charge is 2.14. The second-order valence-electron chi connectivity index (χ2n) is 1.97. The molecule has 6 heteroatoms. The van der Waals surface area contributed by atoms with Crippen LogP contribution < -0.4 is 4.72 Å². The fraction of sp³-hybridized carbons (Fsp3) is 0.500. The number of esters is 1. The summed E-state index contributed by atoms with van der Waals surface area (Å²) in [6.07, 6.45) is 1.38. The molecule has 0 rings (SSSR count). The van der Waals surface area contributed by atoms with Gasteiger partial charge in [0.15, 0.2) is 5.75 Å². The van der Waals surface area contributed by atoms with E-state index in [2.05, 4.69) is 16.0 Å². The van der Waals surface area contributed by atoms with Crippen molar-refractivity contribution in [2.75, 3.05) is 19.4 Å². The molecule has 0 bridgehead atoms. The second-order valence-corrected chi connectivity index (χ2v) is 3.78. The molecule has 0 unspecified atom stereocenters. The van der Waals surface area contributed by atoms with Crippen molar-refractivity contribution in [1.82, 2.24) is 4.72 Å². The number of ether oxygens (including phenoxy) is 1. The molecule has 0 aliphatic heterocycles. The van der Waals surface area contributed by atoms with Gasteiger partial charge in [-0.1, -0.05) is 6.08 Å². The summed E-state index contributed by atoms with van der Waals surface area (Å²) in [6.45, 7) is 3.43. The molecule has 0 aliphatic rings. The highest BCUT2D eigenvalue weighted by atomic mass is 32.2. The smallest absolute Gasteiger partial charge is 0.322 e. The molecule has 12 heavy (non-hydrogen) atoms. The third kappa shape index (κ3) is 4.86. The van der Waals surface area contributed by atoms with E-state index in [0.29, 0.717) is 0 Å². The van der Waals surface area contributed by atoms with Gasteiger partial charge in [-0.2, -0.15) is 0 Å². The first-order valence-electron chi connectivity index (χ1n) is 3.17. The number of hydrogen-bond donors (Lipinski definition) is 1. The van der Waals surface area contributed by atoms with Crippen molar-refractivity contribution in [2.24, 2.45) is 0 Å². The predicted molar refractivity (Wildman–Crippen MR) is 44.0 cm³/mol. The van der Waals surface area contributed by atoms with Crippen LogP contribution in [-0.2, 0) is 19.6 Å². The zero-order valence-electron chi connectivity index (χ0n) is 6.74. The van der Waals surface area contributed by atoms with Crippen LogP contribution in [0.4, 0.5) is 0 Å². The van der Waals surface area contributed by atoms with E-state index < -0.39 is 21.7 Å². The molecule has 0 atom stereocenters. The Labute approximate surface area is 71.5 Å². The van der Waals surface area contributed by atoms with Gasteiger partial charge in [0.1, 0.15) is 0 Å². The summed E-state index contributed by atoms with van der Waals surface area (Å²) >= 11 is 0. The topological polar surface area (TPSA) is 72.5 Å². The average molecular weight is 193 g/mol. The van der Waals surface area contributed by atoms with Crippen LogP contribution >= 0.6 is 0 Å². The number of methoxy groups -OCH3 is 1. The van der Waals surface area contributed by atoms with E-state index in [1.807, 2.05) is 0 Å². The molecule has 0 aromatic rings. The largest absolute Gasteiger partial charge is 0.468 e. The molecule has 0 fully saturated rings. The molecule has 0 spiro atoms. The lowest BCUT2D eigenvalue weighted by Gasteiger charge is -2.01. The van der Waals surface area contributed by atoms with E-state index in [1.54, 1.807) is 0 Å². The minimum atomic E-state index is -3.55. The molecule has 0 aromatic heterocycles. The van der Waals surface area contributed by atoms with Gasteiger partial charge in [0.2, 0.25) is 10.0 Å². The molecule has 1 N–H and O–H groups in total. The van der Waals surface area contributed by atoms with Crippen molar-refractivity contribution in [1.29, 1.82) is 0 Å². The third-order valence-electron chi connectivity index (χ3n) is 0.983. The van der Waals surface area contributed by atoms with Crippen molar-refractivity contribution in [3.63, 3.8) is 0 Å². The quantitative estimate of drug-likeness (QED) is 0.461. The van der Waals surface area contributed by atoms with Crippen LogP contribution in [0.25, 0.3) is 0 Å². The van der Waals surface area contributed by atoms with Crippen LogP contribution in [0, 0.1) is 0 Å². The summed E-state index contributed by atoms with van der Waals surface area (Å²) in [5.74, 6) is -1.44.